The molecule has 0 bridgehead atoms. The molecule has 10 nitrogen and oxygen atoms in total. The highest BCUT2D eigenvalue weighted by molar-refractivity contribution is 5.93. The summed E-state index contributed by atoms with van der Waals surface area (Å²) in [5.41, 5.74) is 5.36. The molecule has 0 saturated carbocycles. The van der Waals surface area contributed by atoms with Gasteiger partial charge in [-0.3, -0.25) is 14.4 Å². The molecule has 0 spiro atoms. The van der Waals surface area contributed by atoms with Gasteiger partial charge >= 0.3 is 6.20 Å². The fourth-order valence-electron chi connectivity index (χ4n) is 3.20. The van der Waals surface area contributed by atoms with Crippen LogP contribution in [-0.2, 0) is 14.4 Å². The van der Waals surface area contributed by atoms with Crippen LogP contribution in [0.25, 0.3) is 4.98 Å². The normalized spacial score (nSPS) is 20.2. The van der Waals surface area contributed by atoms with Crippen LogP contribution in [0.3, 0.4) is 0 Å². The fraction of sp³-hybridized carbons (Fsp3) is 0.722. The van der Waals surface area contributed by atoms with Crippen molar-refractivity contribution in [3.63, 3.8) is 0 Å². The van der Waals surface area contributed by atoms with Gasteiger partial charge in [-0.05, 0) is 24.7 Å². The van der Waals surface area contributed by atoms with E-state index in [4.69, 9.17) is 11.1 Å². The number of likely N-dealkylation sites (tertiary alicyclic amines) is 1. The summed E-state index contributed by atoms with van der Waals surface area (Å²) in [7, 11) is 0. The number of aliphatic hydroxyl groups is 1. The van der Waals surface area contributed by atoms with Crippen LogP contribution in [0.15, 0.2) is 12.1 Å². The molecule has 0 aromatic carbocycles. The van der Waals surface area contributed by atoms with Crippen molar-refractivity contribution in [1.29, 1.82) is 5.39 Å². The van der Waals surface area contributed by atoms with Crippen molar-refractivity contribution in [3.8, 4) is 0 Å². The van der Waals surface area contributed by atoms with Gasteiger partial charge in [0.05, 0.1) is 0 Å². The number of amides is 3. The smallest absolute Gasteiger partial charge is 0.409 e. The second kappa shape index (κ2) is 10.5. The van der Waals surface area contributed by atoms with E-state index < -0.39 is 35.8 Å². The monoisotopic (exact) mass is 395 g/mol. The van der Waals surface area contributed by atoms with Gasteiger partial charge in [-0.1, -0.05) is 34.1 Å². The zero-order valence-corrected chi connectivity index (χ0v) is 16.9. The van der Waals surface area contributed by atoms with Gasteiger partial charge < -0.3 is 26.4 Å². The van der Waals surface area contributed by atoms with Gasteiger partial charge in [0.15, 0.2) is 4.98 Å². The van der Waals surface area contributed by atoms with Crippen molar-refractivity contribution in [3.05, 3.63) is 17.1 Å². The van der Waals surface area contributed by atoms with Gasteiger partial charge in [0.25, 0.3) is 5.88 Å². The second-order valence-corrected chi connectivity index (χ2v) is 7.46. The van der Waals surface area contributed by atoms with Crippen LogP contribution in [0, 0.1) is 17.2 Å². The first-order chi connectivity index (χ1) is 13.1. The van der Waals surface area contributed by atoms with E-state index in [1.807, 2.05) is 13.8 Å². The lowest BCUT2D eigenvalue weighted by Crippen LogP contribution is -2.58. The van der Waals surface area contributed by atoms with E-state index in [1.165, 1.54) is 4.90 Å². The lowest BCUT2D eigenvalue weighted by atomic mass is 9.96. The SMILES string of the molecule is CCC(C)[C@H](NC(=O)[C@@H]1CCCN1/C(O)=C/[N+]#N)C(=O)N[C@H](C(N)=O)C(C)C. The number of diazo groups is 1. The van der Waals surface area contributed by atoms with Crippen LogP contribution in [-0.4, -0.2) is 52.4 Å². The average molecular weight is 395 g/mol. The molecule has 5 N–H and O–H groups in total. The van der Waals surface area contributed by atoms with Crippen molar-refractivity contribution in [2.75, 3.05) is 6.54 Å². The number of aliphatic hydroxyl groups excluding tert-OH is 1. The third kappa shape index (κ3) is 5.84. The topological polar surface area (TPSA) is 153 Å². The molecule has 1 unspecified atom stereocenters. The molecule has 0 aromatic heterocycles. The highest BCUT2D eigenvalue weighted by Gasteiger charge is 2.37. The highest BCUT2D eigenvalue weighted by Crippen LogP contribution is 2.22. The highest BCUT2D eigenvalue weighted by atomic mass is 16.3. The predicted octanol–water partition coefficient (Wildman–Crippen LogP) is 0.818. The lowest BCUT2D eigenvalue weighted by molar-refractivity contribution is -0.134. The molecule has 28 heavy (non-hydrogen) atoms. The van der Waals surface area contributed by atoms with Crippen LogP contribution in [0.5, 0.6) is 0 Å². The first-order valence-corrected chi connectivity index (χ1v) is 9.54. The van der Waals surface area contributed by atoms with Crippen LogP contribution in [0.4, 0.5) is 0 Å². The van der Waals surface area contributed by atoms with Crippen LogP contribution in [0.1, 0.15) is 47.0 Å². The van der Waals surface area contributed by atoms with Crippen LogP contribution in [0.2, 0.25) is 0 Å². The van der Waals surface area contributed by atoms with E-state index in [2.05, 4.69) is 15.6 Å². The number of hydrogen-bond acceptors (Lipinski definition) is 6. The number of carbonyl (C=O) groups excluding carboxylic acids is 3. The van der Waals surface area contributed by atoms with Crippen molar-refractivity contribution in [2.45, 2.75) is 65.1 Å². The van der Waals surface area contributed by atoms with Gasteiger partial charge in [0, 0.05) is 6.54 Å². The summed E-state index contributed by atoms with van der Waals surface area (Å²) in [5.74, 6) is -2.23. The minimum absolute atomic E-state index is 0.184. The first kappa shape index (κ1) is 23.2. The number of nitrogens with zero attached hydrogens (tertiary/aromatic N) is 3. The summed E-state index contributed by atoms with van der Waals surface area (Å²) >= 11 is 0. The summed E-state index contributed by atoms with van der Waals surface area (Å²) < 4.78 is 0. The number of rotatable bonds is 9. The molecule has 10 heteroatoms. The predicted molar refractivity (Wildman–Crippen MR) is 103 cm³/mol. The summed E-state index contributed by atoms with van der Waals surface area (Å²) in [6.07, 6.45) is 2.63. The third-order valence-corrected chi connectivity index (χ3v) is 5.09. The maximum Gasteiger partial charge on any atom is 0.409 e. The molecule has 1 aliphatic rings. The van der Waals surface area contributed by atoms with Crippen molar-refractivity contribution < 1.29 is 19.5 Å². The molecule has 3 amide bonds. The minimum Gasteiger partial charge on any atom is -0.489 e. The molecule has 4 atom stereocenters. The molecule has 1 saturated heterocycles. The molecule has 0 radical (unpaired) electrons. The number of nitrogens with one attached hydrogen (secondary N) is 2. The van der Waals surface area contributed by atoms with Gasteiger partial charge in [-0.25, -0.2) is 0 Å². The van der Waals surface area contributed by atoms with Crippen molar-refractivity contribution in [2.24, 2.45) is 17.6 Å². The maximum absolute atomic E-state index is 12.8. The number of carbonyl (C=O) groups is 3. The second-order valence-electron chi connectivity index (χ2n) is 7.46. The summed E-state index contributed by atoms with van der Waals surface area (Å²) in [4.78, 5) is 41.4. The molecular formula is C18H31N6O4+. The Balaban J connectivity index is 2.95. The standard InChI is InChI=1S/C18H30N6O4/c1-5-11(4)15(18(28)22-14(10(2)3)16(19)26)23-17(27)12-7-6-8-24(12)13(25)9-21-20/h9-12,14-15H,5-8H2,1-4H3,(H4-,19,22,23,25,26,27,28)/p+1/b13-9-/t11?,12-,14-,15-/m0/s1. The molecule has 0 aliphatic carbocycles. The average Bonchev–Trinajstić information content (AvgIpc) is 3.12. The Morgan fingerprint density at radius 1 is 1.29 bits per heavy atom. The van der Waals surface area contributed by atoms with Crippen LogP contribution >= 0.6 is 0 Å². The largest absolute Gasteiger partial charge is 0.489 e. The Kier molecular flexibility index (Phi) is 8.70. The van der Waals surface area contributed by atoms with E-state index in [-0.39, 0.29) is 17.7 Å². The minimum atomic E-state index is -0.853. The lowest BCUT2D eigenvalue weighted by Gasteiger charge is -2.29. The summed E-state index contributed by atoms with van der Waals surface area (Å²) in [5, 5.41) is 23.9. The van der Waals surface area contributed by atoms with E-state index in [1.54, 1.807) is 13.8 Å². The molecule has 1 aliphatic heterocycles. The number of primary amides is 1. The van der Waals surface area contributed by atoms with Gasteiger partial charge in [0.1, 0.15) is 18.1 Å². The van der Waals surface area contributed by atoms with Gasteiger partial charge in [-0.15, -0.1) is 0 Å². The number of nitrogens with two attached hydrogens (primary N) is 1. The molecule has 1 rings (SSSR count). The van der Waals surface area contributed by atoms with Gasteiger partial charge in [0.2, 0.25) is 23.1 Å². The zero-order chi connectivity index (χ0) is 21.4. The van der Waals surface area contributed by atoms with E-state index in [9.17, 15) is 19.5 Å². The van der Waals surface area contributed by atoms with Crippen molar-refractivity contribution >= 4 is 17.7 Å². The molecule has 156 valence electrons. The van der Waals surface area contributed by atoms with Gasteiger partial charge in [-0.2, -0.15) is 0 Å². The van der Waals surface area contributed by atoms with E-state index >= 15 is 0 Å². The summed E-state index contributed by atoms with van der Waals surface area (Å²) in [6.45, 7) is 7.68. The van der Waals surface area contributed by atoms with Crippen molar-refractivity contribution in [1.82, 2.24) is 15.5 Å². The Hall–Kier alpha value is -2.83. The Morgan fingerprint density at radius 2 is 1.93 bits per heavy atom. The molecule has 1 heterocycles. The van der Waals surface area contributed by atoms with E-state index in [0.717, 1.165) is 6.20 Å². The Bertz CT molecular complexity index is 657. The fourth-order valence-corrected chi connectivity index (χ4v) is 3.20. The summed E-state index contributed by atoms with van der Waals surface area (Å²) in [6, 6.07) is -2.37. The first-order valence-electron chi connectivity index (χ1n) is 9.54. The number of hydrogen-bond donors (Lipinski definition) is 4. The van der Waals surface area contributed by atoms with Crippen LogP contribution < -0.4 is 16.4 Å². The quantitative estimate of drug-likeness (QED) is 0.335. The third-order valence-electron chi connectivity index (χ3n) is 5.09. The Morgan fingerprint density at radius 3 is 2.43 bits per heavy atom. The van der Waals surface area contributed by atoms with E-state index in [0.29, 0.717) is 25.8 Å². The maximum atomic E-state index is 12.8. The zero-order valence-electron chi connectivity index (χ0n) is 16.9. The molecule has 1 fully saturated rings. The molecule has 0 aromatic rings. The molecular weight excluding hydrogens is 364 g/mol. The Labute approximate surface area is 165 Å².